The molecule has 1 aliphatic rings. The van der Waals surface area contributed by atoms with Crippen LogP contribution >= 0.6 is 0 Å². The molecule has 1 N–H and O–H groups in total. The molecule has 0 aromatic carbocycles. The van der Waals surface area contributed by atoms with E-state index in [0.717, 1.165) is 30.4 Å². The van der Waals surface area contributed by atoms with Crippen LogP contribution in [-0.2, 0) is 10.8 Å². The average Bonchev–Trinajstić information content (AvgIpc) is 2.82. The van der Waals surface area contributed by atoms with Crippen molar-refractivity contribution in [2.75, 3.05) is 18.1 Å². The molecule has 1 fully saturated rings. The first kappa shape index (κ1) is 15.2. The molecule has 0 aromatic rings. The van der Waals surface area contributed by atoms with Crippen molar-refractivity contribution in [3.05, 3.63) is 0 Å². The Morgan fingerprint density at radius 1 is 1.24 bits per heavy atom. The molecule has 0 amide bonds. The van der Waals surface area contributed by atoms with E-state index in [9.17, 15) is 4.21 Å². The highest BCUT2D eigenvalue weighted by molar-refractivity contribution is 7.85. The van der Waals surface area contributed by atoms with Crippen molar-refractivity contribution in [3.63, 3.8) is 0 Å². The third-order valence-corrected chi connectivity index (χ3v) is 5.25. The van der Waals surface area contributed by atoms with E-state index in [1.165, 1.54) is 38.5 Å². The third-order valence-electron chi connectivity index (χ3n) is 3.78. The van der Waals surface area contributed by atoms with Gasteiger partial charge in [-0.2, -0.15) is 0 Å². The Balaban J connectivity index is 2.29. The number of hydrogen-bond donors (Lipinski definition) is 1. The molecule has 102 valence electrons. The van der Waals surface area contributed by atoms with E-state index in [1.54, 1.807) is 0 Å². The van der Waals surface area contributed by atoms with Gasteiger partial charge in [-0.3, -0.25) is 4.21 Å². The molecule has 0 aliphatic heterocycles. The van der Waals surface area contributed by atoms with Crippen LogP contribution in [0.2, 0.25) is 0 Å². The first-order chi connectivity index (χ1) is 8.27. The largest absolute Gasteiger partial charge is 0.313 e. The van der Waals surface area contributed by atoms with E-state index in [0.29, 0.717) is 6.04 Å². The van der Waals surface area contributed by atoms with Crippen LogP contribution in [0, 0.1) is 5.92 Å². The summed E-state index contributed by atoms with van der Waals surface area (Å²) in [5.74, 6) is 2.56. The highest BCUT2D eigenvalue weighted by Crippen LogP contribution is 2.28. The van der Waals surface area contributed by atoms with E-state index in [1.807, 2.05) is 0 Å². The highest BCUT2D eigenvalue weighted by atomic mass is 32.2. The van der Waals surface area contributed by atoms with Crippen molar-refractivity contribution in [3.8, 4) is 0 Å². The van der Waals surface area contributed by atoms with Gasteiger partial charge in [-0.15, -0.1) is 0 Å². The molecule has 0 radical (unpaired) electrons. The van der Waals surface area contributed by atoms with Gasteiger partial charge in [-0.1, -0.05) is 39.5 Å². The van der Waals surface area contributed by atoms with Gasteiger partial charge in [0, 0.05) is 28.3 Å². The van der Waals surface area contributed by atoms with Crippen LogP contribution in [0.3, 0.4) is 0 Å². The summed E-state index contributed by atoms with van der Waals surface area (Å²) in [6, 6.07) is 0.505. The molecule has 3 heteroatoms. The molecule has 0 spiro atoms. The molecule has 1 aliphatic carbocycles. The fourth-order valence-corrected chi connectivity index (χ4v) is 4.26. The fourth-order valence-electron chi connectivity index (χ4n) is 2.78. The van der Waals surface area contributed by atoms with Crippen LogP contribution < -0.4 is 5.32 Å². The van der Waals surface area contributed by atoms with Gasteiger partial charge in [0.2, 0.25) is 0 Å². The van der Waals surface area contributed by atoms with E-state index >= 15 is 0 Å². The van der Waals surface area contributed by atoms with Gasteiger partial charge in [-0.25, -0.2) is 0 Å². The maximum absolute atomic E-state index is 12.0. The third kappa shape index (κ3) is 6.01. The van der Waals surface area contributed by atoms with Gasteiger partial charge >= 0.3 is 0 Å². The van der Waals surface area contributed by atoms with Crippen LogP contribution in [0.25, 0.3) is 0 Å². The molecular formula is C14H29NOS. The summed E-state index contributed by atoms with van der Waals surface area (Å²) in [5.41, 5.74) is 0. The van der Waals surface area contributed by atoms with Crippen LogP contribution in [0.5, 0.6) is 0 Å². The van der Waals surface area contributed by atoms with Gasteiger partial charge in [0.15, 0.2) is 0 Å². The van der Waals surface area contributed by atoms with Crippen molar-refractivity contribution in [1.29, 1.82) is 0 Å². The van der Waals surface area contributed by atoms with Crippen molar-refractivity contribution in [2.24, 2.45) is 5.92 Å². The zero-order valence-electron chi connectivity index (χ0n) is 11.5. The van der Waals surface area contributed by atoms with E-state index in [2.05, 4.69) is 19.2 Å². The molecule has 2 unspecified atom stereocenters. The Labute approximate surface area is 109 Å². The highest BCUT2D eigenvalue weighted by Gasteiger charge is 2.25. The van der Waals surface area contributed by atoms with E-state index < -0.39 is 10.8 Å². The molecule has 0 saturated heterocycles. The Hall–Kier alpha value is 0.110. The maximum Gasteiger partial charge on any atom is 0.0391 e. The molecule has 1 saturated carbocycles. The summed E-state index contributed by atoms with van der Waals surface area (Å²) >= 11 is 0. The summed E-state index contributed by atoms with van der Waals surface area (Å²) in [7, 11) is -0.612. The maximum atomic E-state index is 12.0. The SMILES string of the molecule is CCCCCS(=O)CC(NCC)C1CCCC1. The molecule has 17 heavy (non-hydrogen) atoms. The van der Waals surface area contributed by atoms with Crippen LogP contribution in [0.15, 0.2) is 0 Å². The minimum atomic E-state index is -0.612. The van der Waals surface area contributed by atoms with Crippen molar-refractivity contribution in [2.45, 2.75) is 64.8 Å². The lowest BCUT2D eigenvalue weighted by Gasteiger charge is -2.23. The lowest BCUT2D eigenvalue weighted by Crippen LogP contribution is -2.39. The minimum Gasteiger partial charge on any atom is -0.313 e. The predicted molar refractivity (Wildman–Crippen MR) is 76.8 cm³/mol. The lowest BCUT2D eigenvalue weighted by molar-refractivity contribution is 0.392. The molecular weight excluding hydrogens is 230 g/mol. The summed E-state index contributed by atoms with van der Waals surface area (Å²) in [5, 5.41) is 3.55. The number of rotatable bonds is 9. The van der Waals surface area contributed by atoms with Gasteiger partial charge < -0.3 is 5.32 Å². The summed E-state index contributed by atoms with van der Waals surface area (Å²) < 4.78 is 12.0. The Kier molecular flexibility index (Phi) is 8.12. The predicted octanol–water partition coefficient (Wildman–Crippen LogP) is 3.09. The molecule has 2 nitrogen and oxygen atoms in total. The van der Waals surface area contributed by atoms with Crippen molar-refractivity contribution in [1.82, 2.24) is 5.32 Å². The van der Waals surface area contributed by atoms with Crippen LogP contribution in [0.1, 0.15) is 58.8 Å². The minimum absolute atomic E-state index is 0.505. The second-order valence-corrected chi connectivity index (χ2v) is 6.85. The van der Waals surface area contributed by atoms with Gasteiger partial charge in [-0.05, 0) is 31.7 Å². The molecule has 1 rings (SSSR count). The summed E-state index contributed by atoms with van der Waals surface area (Å²) in [6.07, 6.45) is 8.99. The first-order valence-electron chi connectivity index (χ1n) is 7.36. The topological polar surface area (TPSA) is 29.1 Å². The summed E-state index contributed by atoms with van der Waals surface area (Å²) in [6.45, 7) is 5.36. The number of unbranched alkanes of at least 4 members (excludes halogenated alkanes) is 2. The smallest absolute Gasteiger partial charge is 0.0391 e. The van der Waals surface area contributed by atoms with Crippen molar-refractivity contribution >= 4 is 10.8 Å². The Morgan fingerprint density at radius 3 is 2.53 bits per heavy atom. The Bertz CT molecular complexity index is 214. The van der Waals surface area contributed by atoms with Crippen LogP contribution in [-0.4, -0.2) is 28.3 Å². The lowest BCUT2D eigenvalue weighted by atomic mass is 10.00. The fraction of sp³-hybridized carbons (Fsp3) is 1.00. The van der Waals surface area contributed by atoms with E-state index in [4.69, 9.17) is 0 Å². The number of hydrogen-bond acceptors (Lipinski definition) is 2. The summed E-state index contributed by atoms with van der Waals surface area (Å²) in [4.78, 5) is 0. The quantitative estimate of drug-likeness (QED) is 0.645. The van der Waals surface area contributed by atoms with Crippen molar-refractivity contribution < 1.29 is 4.21 Å². The standard InChI is InChI=1S/C14H29NOS/c1-3-5-8-11-17(16)12-14(15-4-2)13-9-6-7-10-13/h13-15H,3-12H2,1-2H3. The zero-order chi connectivity index (χ0) is 12.5. The first-order valence-corrected chi connectivity index (χ1v) is 8.85. The molecule has 2 atom stereocenters. The van der Waals surface area contributed by atoms with Gasteiger partial charge in [0.05, 0.1) is 0 Å². The number of nitrogens with one attached hydrogen (secondary N) is 1. The van der Waals surface area contributed by atoms with E-state index in [-0.39, 0.29) is 0 Å². The second-order valence-electron chi connectivity index (χ2n) is 5.23. The monoisotopic (exact) mass is 259 g/mol. The van der Waals surface area contributed by atoms with Gasteiger partial charge in [0.25, 0.3) is 0 Å². The molecule has 0 bridgehead atoms. The normalized spacial score (nSPS) is 20.6. The average molecular weight is 259 g/mol. The second kappa shape index (κ2) is 9.09. The van der Waals surface area contributed by atoms with Crippen LogP contribution in [0.4, 0.5) is 0 Å². The Morgan fingerprint density at radius 2 is 1.94 bits per heavy atom. The zero-order valence-corrected chi connectivity index (χ0v) is 12.4. The molecule has 0 heterocycles. The van der Waals surface area contributed by atoms with Gasteiger partial charge in [0.1, 0.15) is 0 Å². The molecule has 0 aromatic heterocycles.